The van der Waals surface area contributed by atoms with Gasteiger partial charge in [0, 0.05) is 13.6 Å². The van der Waals surface area contributed by atoms with E-state index in [1.165, 1.54) is 14.2 Å². The fourth-order valence-corrected chi connectivity index (χ4v) is 1.23. The third-order valence-corrected chi connectivity index (χ3v) is 2.34. The summed E-state index contributed by atoms with van der Waals surface area (Å²) >= 11 is 0. The first-order valence-electron chi connectivity index (χ1n) is 5.13. The summed E-state index contributed by atoms with van der Waals surface area (Å²) in [7, 11) is 2.58. The Morgan fingerprint density at radius 2 is 1.85 bits per heavy atom. The van der Waals surface area contributed by atoms with Gasteiger partial charge in [-0.1, -0.05) is 0 Å². The molecule has 2 N–H and O–H groups in total. The average Bonchev–Trinajstić information content (AvgIpc) is 2.66. The van der Waals surface area contributed by atoms with E-state index in [1.54, 1.807) is 0 Å². The molecule has 0 aromatic heterocycles. The first kappa shape index (κ1) is 18.5. The molecule has 0 saturated carbocycles. The van der Waals surface area contributed by atoms with E-state index in [2.05, 4.69) is 10.2 Å². The van der Waals surface area contributed by atoms with Crippen molar-refractivity contribution in [3.05, 3.63) is 0 Å². The zero-order valence-electron chi connectivity index (χ0n) is 10.5. The highest BCUT2D eigenvalue weighted by Crippen LogP contribution is 2.29. The molecule has 0 spiro atoms. The van der Waals surface area contributed by atoms with E-state index < -0.39 is 36.4 Å². The summed E-state index contributed by atoms with van der Waals surface area (Å²) in [5.41, 5.74) is 0. The number of carboxylic acids is 1. The monoisotopic (exact) mass is 308 g/mol. The minimum atomic E-state index is -5.08. The van der Waals surface area contributed by atoms with Crippen LogP contribution in [0.4, 0.5) is 22.0 Å². The molecule has 1 rings (SSSR count). The molecule has 1 amide bonds. The Morgan fingerprint density at radius 3 is 2.10 bits per heavy atom. The second-order valence-corrected chi connectivity index (χ2v) is 3.77. The van der Waals surface area contributed by atoms with Crippen LogP contribution in [0, 0.1) is 5.92 Å². The van der Waals surface area contributed by atoms with Crippen LogP contribution in [0.15, 0.2) is 0 Å². The summed E-state index contributed by atoms with van der Waals surface area (Å²) in [5.74, 6) is -7.73. The predicted octanol–water partition coefficient (Wildman–Crippen LogP) is 0.494. The van der Waals surface area contributed by atoms with Crippen LogP contribution in [0.5, 0.6) is 0 Å². The Labute approximate surface area is 110 Å². The number of hydrogen-bond acceptors (Lipinski definition) is 4. The van der Waals surface area contributed by atoms with Gasteiger partial charge in [-0.15, -0.1) is 0 Å². The van der Waals surface area contributed by atoms with E-state index in [1.807, 2.05) is 0 Å². The summed E-state index contributed by atoms with van der Waals surface area (Å²) in [5, 5.41) is 10.4. The molecule has 1 aliphatic heterocycles. The fraction of sp³-hybridized carbons (Fsp3) is 0.778. The number of nitrogens with one attached hydrogen (secondary N) is 1. The van der Waals surface area contributed by atoms with Crippen molar-refractivity contribution in [3.8, 4) is 0 Å². The van der Waals surface area contributed by atoms with E-state index in [-0.39, 0.29) is 6.54 Å². The maximum Gasteiger partial charge on any atom is 0.490 e. The van der Waals surface area contributed by atoms with Crippen molar-refractivity contribution in [2.75, 3.05) is 27.2 Å². The molecule has 0 aliphatic carbocycles. The lowest BCUT2D eigenvalue weighted by atomic mass is 10.0. The summed E-state index contributed by atoms with van der Waals surface area (Å²) in [4.78, 5) is 24.7. The van der Waals surface area contributed by atoms with Crippen LogP contribution in [-0.2, 0) is 14.4 Å². The van der Waals surface area contributed by atoms with Crippen molar-refractivity contribution in [1.82, 2.24) is 10.4 Å². The summed E-state index contributed by atoms with van der Waals surface area (Å²) in [6.07, 6.45) is -5.08. The van der Waals surface area contributed by atoms with Crippen LogP contribution in [0.3, 0.4) is 0 Å². The highest BCUT2D eigenvalue weighted by atomic mass is 19.4. The molecule has 11 heteroatoms. The van der Waals surface area contributed by atoms with Crippen LogP contribution < -0.4 is 5.32 Å². The first-order chi connectivity index (χ1) is 8.93. The van der Waals surface area contributed by atoms with Gasteiger partial charge >= 0.3 is 12.1 Å². The Hall–Kier alpha value is -1.49. The van der Waals surface area contributed by atoms with Gasteiger partial charge in [-0.05, 0) is 0 Å². The molecule has 1 unspecified atom stereocenters. The van der Waals surface area contributed by atoms with Gasteiger partial charge in [0.25, 0.3) is 11.8 Å². The zero-order chi connectivity index (χ0) is 16.1. The molecular formula is C9H13F5N2O4. The van der Waals surface area contributed by atoms with Gasteiger partial charge in [0.15, 0.2) is 0 Å². The molecule has 1 aliphatic rings. The highest BCUT2D eigenvalue weighted by molar-refractivity contribution is 5.79. The van der Waals surface area contributed by atoms with Crippen molar-refractivity contribution < 1.29 is 41.5 Å². The number of carboxylic acid groups (broad SMARTS) is 1. The van der Waals surface area contributed by atoms with Crippen molar-refractivity contribution in [3.63, 3.8) is 0 Å². The second-order valence-electron chi connectivity index (χ2n) is 3.77. The summed E-state index contributed by atoms with van der Waals surface area (Å²) < 4.78 is 57.7. The van der Waals surface area contributed by atoms with Gasteiger partial charge in [-0.2, -0.15) is 13.2 Å². The number of alkyl halides is 5. The Kier molecular flexibility index (Phi) is 6.29. The van der Waals surface area contributed by atoms with Gasteiger partial charge in [0.1, 0.15) is 5.92 Å². The van der Waals surface area contributed by atoms with Crippen LogP contribution in [0.2, 0.25) is 0 Å². The molecule has 0 radical (unpaired) electrons. The molecule has 0 aromatic rings. The topological polar surface area (TPSA) is 78.9 Å². The minimum Gasteiger partial charge on any atom is -0.475 e. The van der Waals surface area contributed by atoms with E-state index in [9.17, 15) is 26.7 Å². The van der Waals surface area contributed by atoms with Gasteiger partial charge in [0.05, 0.1) is 13.7 Å². The van der Waals surface area contributed by atoms with E-state index in [0.717, 1.165) is 5.06 Å². The van der Waals surface area contributed by atoms with E-state index in [4.69, 9.17) is 9.90 Å². The fourth-order valence-electron chi connectivity index (χ4n) is 1.23. The maximum atomic E-state index is 13.0. The lowest BCUT2D eigenvalue weighted by Crippen LogP contribution is -2.41. The Balaban J connectivity index is 0.000000441. The van der Waals surface area contributed by atoms with E-state index >= 15 is 0 Å². The number of halogens is 5. The molecule has 1 fully saturated rings. The van der Waals surface area contributed by atoms with Crippen molar-refractivity contribution in [2.45, 2.75) is 12.1 Å². The largest absolute Gasteiger partial charge is 0.490 e. The van der Waals surface area contributed by atoms with Crippen LogP contribution in [0.25, 0.3) is 0 Å². The Bertz CT molecular complexity index is 361. The third kappa shape index (κ3) is 5.25. The molecule has 0 aromatic carbocycles. The van der Waals surface area contributed by atoms with Crippen LogP contribution in [-0.4, -0.2) is 61.4 Å². The van der Waals surface area contributed by atoms with Crippen molar-refractivity contribution in [1.29, 1.82) is 0 Å². The highest BCUT2D eigenvalue weighted by Gasteiger charge is 2.49. The molecule has 6 nitrogen and oxygen atoms in total. The number of rotatable bonds is 2. The number of hydrogen-bond donors (Lipinski definition) is 2. The second kappa shape index (κ2) is 6.79. The van der Waals surface area contributed by atoms with Crippen molar-refractivity contribution in [2.24, 2.45) is 5.92 Å². The number of carbonyl (C=O) groups is 2. The summed E-state index contributed by atoms with van der Waals surface area (Å²) in [6, 6.07) is 0. The first-order valence-corrected chi connectivity index (χ1v) is 5.13. The molecular weight excluding hydrogens is 295 g/mol. The SMILES string of the molecule is CON(C)C(=O)C1CNCC1(F)F.O=C(O)C(F)(F)F. The smallest absolute Gasteiger partial charge is 0.475 e. The molecule has 20 heavy (non-hydrogen) atoms. The van der Waals surface area contributed by atoms with Crippen molar-refractivity contribution >= 4 is 11.9 Å². The Morgan fingerprint density at radius 1 is 1.40 bits per heavy atom. The maximum absolute atomic E-state index is 13.0. The molecule has 0 bridgehead atoms. The molecule has 1 saturated heterocycles. The predicted molar refractivity (Wildman–Crippen MR) is 54.8 cm³/mol. The molecule has 118 valence electrons. The summed E-state index contributed by atoms with van der Waals surface area (Å²) in [6.45, 7) is -0.444. The van der Waals surface area contributed by atoms with Gasteiger partial charge in [-0.25, -0.2) is 18.6 Å². The van der Waals surface area contributed by atoms with E-state index in [0.29, 0.717) is 0 Å². The zero-order valence-corrected chi connectivity index (χ0v) is 10.5. The lowest BCUT2D eigenvalue weighted by molar-refractivity contribution is -0.192. The van der Waals surface area contributed by atoms with Gasteiger partial charge < -0.3 is 10.4 Å². The quantitative estimate of drug-likeness (QED) is 0.573. The standard InChI is InChI=1S/C7H12F2N2O2.C2HF3O2/c1-11(13-2)6(12)5-3-10-4-7(5,8)9;3-2(4,5)1(6)7/h5,10H,3-4H2,1-2H3;(H,6,7). The number of nitrogens with zero attached hydrogens (tertiary/aromatic N) is 1. The average molecular weight is 308 g/mol. The normalized spacial score (nSPS) is 20.9. The van der Waals surface area contributed by atoms with Gasteiger partial charge in [-0.3, -0.25) is 9.63 Å². The van der Waals surface area contributed by atoms with Gasteiger partial charge in [0.2, 0.25) is 0 Å². The van der Waals surface area contributed by atoms with Crippen LogP contribution in [0.1, 0.15) is 0 Å². The lowest BCUT2D eigenvalue weighted by Gasteiger charge is -2.21. The number of hydroxylamine groups is 2. The molecule has 1 heterocycles. The number of carbonyl (C=O) groups excluding carboxylic acids is 1. The van der Waals surface area contributed by atoms with Crippen LogP contribution >= 0.6 is 0 Å². The molecule has 1 atom stereocenters. The third-order valence-electron chi connectivity index (χ3n) is 2.34. The number of amides is 1. The number of aliphatic carboxylic acids is 1. The minimum absolute atomic E-state index is 0.000463.